The summed E-state index contributed by atoms with van der Waals surface area (Å²) in [6, 6.07) is 7.87. The van der Waals surface area contributed by atoms with E-state index in [-0.39, 0.29) is 0 Å². The fraction of sp³-hybridized carbons (Fsp3) is 0. The molecular formula is C7H7N3S. The minimum absolute atomic E-state index is 0.466. The first-order valence-corrected chi connectivity index (χ1v) is 4.04. The maximum atomic E-state index is 5.47. The molecule has 1 aromatic rings. The number of guanidine groups is 1. The normalized spacial score (nSPS) is 14.7. The summed E-state index contributed by atoms with van der Waals surface area (Å²) in [6.45, 7) is 0. The molecule has 1 aromatic carbocycles. The van der Waals surface area contributed by atoms with Gasteiger partial charge in [0.1, 0.15) is 0 Å². The Morgan fingerprint density at radius 1 is 1.36 bits per heavy atom. The van der Waals surface area contributed by atoms with Crippen LogP contribution >= 0.6 is 11.9 Å². The van der Waals surface area contributed by atoms with Gasteiger partial charge in [-0.25, -0.2) is 4.99 Å². The molecule has 2 rings (SSSR count). The lowest BCUT2D eigenvalue weighted by Crippen LogP contribution is -2.27. The quantitative estimate of drug-likeness (QED) is 0.569. The van der Waals surface area contributed by atoms with Crippen LogP contribution in [-0.2, 0) is 0 Å². The Bertz CT molecular complexity index is 308. The van der Waals surface area contributed by atoms with Crippen molar-refractivity contribution in [2.75, 3.05) is 0 Å². The lowest BCUT2D eigenvalue weighted by atomic mass is 10.3. The molecule has 0 aromatic heterocycles. The molecule has 0 aliphatic carbocycles. The second-order valence-corrected chi connectivity index (χ2v) is 3.02. The number of hydrogen-bond acceptors (Lipinski definition) is 4. The minimum atomic E-state index is 0.466. The number of fused-ring (bicyclic) bond motifs is 1. The van der Waals surface area contributed by atoms with Crippen molar-refractivity contribution in [3.63, 3.8) is 0 Å². The molecule has 1 aliphatic rings. The largest absolute Gasteiger partial charge is 0.369 e. The molecule has 1 heterocycles. The van der Waals surface area contributed by atoms with E-state index in [9.17, 15) is 0 Å². The molecule has 0 amide bonds. The van der Waals surface area contributed by atoms with Crippen molar-refractivity contribution in [1.29, 1.82) is 0 Å². The van der Waals surface area contributed by atoms with E-state index in [1.165, 1.54) is 11.9 Å². The average molecular weight is 165 g/mol. The summed E-state index contributed by atoms with van der Waals surface area (Å²) in [5.74, 6) is 0.466. The zero-order valence-electron chi connectivity index (χ0n) is 5.74. The van der Waals surface area contributed by atoms with E-state index < -0.39 is 0 Å². The zero-order chi connectivity index (χ0) is 7.68. The lowest BCUT2D eigenvalue weighted by Gasteiger charge is -2.12. The number of nitrogens with zero attached hydrogens (tertiary/aromatic N) is 1. The molecule has 4 heteroatoms. The highest BCUT2D eigenvalue weighted by Crippen LogP contribution is 2.29. The van der Waals surface area contributed by atoms with Gasteiger partial charge in [0.05, 0.1) is 10.6 Å². The number of benzene rings is 1. The smallest absolute Gasteiger partial charge is 0.204 e. The van der Waals surface area contributed by atoms with E-state index >= 15 is 0 Å². The molecule has 0 radical (unpaired) electrons. The molecule has 56 valence electrons. The molecule has 0 fully saturated rings. The first kappa shape index (κ1) is 6.54. The van der Waals surface area contributed by atoms with E-state index in [1.807, 2.05) is 24.3 Å². The molecule has 3 N–H and O–H groups in total. The van der Waals surface area contributed by atoms with Gasteiger partial charge in [-0.15, -0.1) is 0 Å². The zero-order valence-corrected chi connectivity index (χ0v) is 6.56. The van der Waals surface area contributed by atoms with Gasteiger partial charge in [-0.2, -0.15) is 0 Å². The fourth-order valence-electron chi connectivity index (χ4n) is 0.896. The molecule has 0 atom stereocenters. The van der Waals surface area contributed by atoms with Gasteiger partial charge in [0.2, 0.25) is 5.96 Å². The Hall–Kier alpha value is -1.16. The van der Waals surface area contributed by atoms with E-state index in [0.717, 1.165) is 10.6 Å². The third-order valence-electron chi connectivity index (χ3n) is 1.37. The maximum absolute atomic E-state index is 5.47. The van der Waals surface area contributed by atoms with Gasteiger partial charge in [-0.05, 0) is 24.1 Å². The number of hydrogen-bond donors (Lipinski definition) is 2. The number of nitrogens with one attached hydrogen (secondary N) is 1. The molecule has 0 bridgehead atoms. The lowest BCUT2D eigenvalue weighted by molar-refractivity contribution is 1.26. The predicted molar refractivity (Wildman–Crippen MR) is 46.7 cm³/mol. The first-order chi connectivity index (χ1) is 5.36. The van der Waals surface area contributed by atoms with Gasteiger partial charge in [0.25, 0.3) is 0 Å². The summed E-state index contributed by atoms with van der Waals surface area (Å²) in [6.07, 6.45) is 0. The summed E-state index contributed by atoms with van der Waals surface area (Å²) in [5, 5.41) is 0. The average Bonchev–Trinajstić information content (AvgIpc) is 2.04. The Balaban J connectivity index is 2.51. The van der Waals surface area contributed by atoms with Gasteiger partial charge in [0.15, 0.2) is 0 Å². The van der Waals surface area contributed by atoms with Crippen LogP contribution < -0.4 is 10.5 Å². The van der Waals surface area contributed by atoms with Gasteiger partial charge in [0, 0.05) is 0 Å². The van der Waals surface area contributed by atoms with Crippen LogP contribution in [-0.4, -0.2) is 5.96 Å². The molecule has 0 saturated heterocycles. The highest BCUT2D eigenvalue weighted by atomic mass is 32.2. The van der Waals surface area contributed by atoms with Crippen LogP contribution in [0.15, 0.2) is 34.2 Å². The molecule has 0 spiro atoms. The SMILES string of the molecule is NC1=Nc2ccccc2SN1. The topological polar surface area (TPSA) is 50.4 Å². The van der Waals surface area contributed by atoms with Crippen molar-refractivity contribution in [2.45, 2.75) is 4.90 Å². The highest BCUT2D eigenvalue weighted by Gasteiger charge is 2.07. The van der Waals surface area contributed by atoms with Crippen molar-refractivity contribution in [2.24, 2.45) is 10.7 Å². The number of nitrogens with two attached hydrogens (primary N) is 1. The van der Waals surface area contributed by atoms with Crippen LogP contribution in [0.4, 0.5) is 5.69 Å². The second kappa shape index (κ2) is 2.47. The molecule has 0 unspecified atom stereocenters. The van der Waals surface area contributed by atoms with E-state index in [0.29, 0.717) is 5.96 Å². The third-order valence-corrected chi connectivity index (χ3v) is 2.25. The molecular weight excluding hydrogens is 158 g/mol. The summed E-state index contributed by atoms with van der Waals surface area (Å²) in [5.41, 5.74) is 6.41. The van der Waals surface area contributed by atoms with Crippen molar-refractivity contribution in [3.05, 3.63) is 24.3 Å². The van der Waals surface area contributed by atoms with Gasteiger partial charge < -0.3 is 5.73 Å². The van der Waals surface area contributed by atoms with Crippen molar-refractivity contribution >= 4 is 23.6 Å². The number of rotatable bonds is 0. The molecule has 1 aliphatic heterocycles. The van der Waals surface area contributed by atoms with Gasteiger partial charge >= 0.3 is 0 Å². The second-order valence-electron chi connectivity index (χ2n) is 2.17. The Kier molecular flexibility index (Phi) is 1.47. The van der Waals surface area contributed by atoms with Crippen molar-refractivity contribution < 1.29 is 0 Å². The maximum Gasteiger partial charge on any atom is 0.204 e. The minimum Gasteiger partial charge on any atom is -0.369 e. The van der Waals surface area contributed by atoms with Gasteiger partial charge in [-0.3, -0.25) is 4.72 Å². The first-order valence-electron chi connectivity index (χ1n) is 3.22. The van der Waals surface area contributed by atoms with E-state index in [1.54, 1.807) is 0 Å². The summed E-state index contributed by atoms with van der Waals surface area (Å²) in [4.78, 5) is 5.22. The van der Waals surface area contributed by atoms with Crippen LogP contribution in [0, 0.1) is 0 Å². The van der Waals surface area contributed by atoms with Gasteiger partial charge in [-0.1, -0.05) is 12.1 Å². The van der Waals surface area contributed by atoms with Crippen molar-refractivity contribution in [1.82, 2.24) is 4.72 Å². The van der Waals surface area contributed by atoms with Crippen LogP contribution in [0.1, 0.15) is 0 Å². The van der Waals surface area contributed by atoms with Crippen LogP contribution in [0.3, 0.4) is 0 Å². The van der Waals surface area contributed by atoms with Crippen LogP contribution in [0.2, 0.25) is 0 Å². The summed E-state index contributed by atoms with van der Waals surface area (Å²) >= 11 is 1.49. The Morgan fingerprint density at radius 3 is 3.09 bits per heavy atom. The van der Waals surface area contributed by atoms with E-state index in [4.69, 9.17) is 5.73 Å². The third kappa shape index (κ3) is 1.17. The monoisotopic (exact) mass is 165 g/mol. The number of para-hydroxylation sites is 1. The molecule has 3 nitrogen and oxygen atoms in total. The van der Waals surface area contributed by atoms with Crippen LogP contribution in [0.5, 0.6) is 0 Å². The van der Waals surface area contributed by atoms with Crippen LogP contribution in [0.25, 0.3) is 0 Å². The Labute approximate surface area is 68.8 Å². The Morgan fingerprint density at radius 2 is 2.18 bits per heavy atom. The number of aliphatic imine (C=N–C) groups is 1. The summed E-state index contributed by atoms with van der Waals surface area (Å²) in [7, 11) is 0. The highest BCUT2D eigenvalue weighted by molar-refractivity contribution is 7.98. The molecule has 0 saturated carbocycles. The fourth-order valence-corrected chi connectivity index (χ4v) is 1.52. The van der Waals surface area contributed by atoms with E-state index in [2.05, 4.69) is 9.71 Å². The molecule has 11 heavy (non-hydrogen) atoms. The van der Waals surface area contributed by atoms with Crippen molar-refractivity contribution in [3.8, 4) is 0 Å². The predicted octanol–water partition coefficient (Wildman–Crippen LogP) is 1.24. The standard InChI is InChI=1S/C7H7N3S/c8-7-9-5-3-1-2-4-6(5)11-10-7/h1-4H,(H3,8,9,10). The summed E-state index contributed by atoms with van der Waals surface area (Å²) < 4.78 is 2.88.